The van der Waals surface area contributed by atoms with Crippen molar-refractivity contribution in [3.05, 3.63) is 0 Å². The second-order valence-corrected chi connectivity index (χ2v) is 4.75. The van der Waals surface area contributed by atoms with E-state index in [0.717, 1.165) is 0 Å². The van der Waals surface area contributed by atoms with Gasteiger partial charge in [0.05, 0.1) is 0 Å². The summed E-state index contributed by atoms with van der Waals surface area (Å²) in [6.07, 6.45) is 0.681. The van der Waals surface area contributed by atoms with Crippen LogP contribution in [0.2, 0.25) is 0 Å². The minimum Gasteiger partial charge on any atom is -0.550 e. The summed E-state index contributed by atoms with van der Waals surface area (Å²) < 4.78 is 0. The third kappa shape index (κ3) is 2.29. The van der Waals surface area contributed by atoms with Crippen molar-refractivity contribution in [1.29, 1.82) is 0 Å². The molecule has 1 aliphatic carbocycles. The SMILES string of the molecule is CC1(C(=O)[O-])CCC(C(=O)[O-])C1(C)C.[Ba+2]. The Balaban J connectivity index is 0.00000196. The maximum Gasteiger partial charge on any atom is 2.00 e. The van der Waals surface area contributed by atoms with Crippen molar-refractivity contribution in [3.63, 3.8) is 0 Å². The topological polar surface area (TPSA) is 80.3 Å². The fourth-order valence-corrected chi connectivity index (χ4v) is 2.28. The minimum absolute atomic E-state index is 0. The second-order valence-electron chi connectivity index (χ2n) is 4.75. The van der Waals surface area contributed by atoms with E-state index in [2.05, 4.69) is 0 Å². The molecule has 0 aliphatic heterocycles. The van der Waals surface area contributed by atoms with E-state index in [4.69, 9.17) is 0 Å². The first kappa shape index (κ1) is 15.5. The van der Waals surface area contributed by atoms with E-state index in [-0.39, 0.29) is 48.9 Å². The van der Waals surface area contributed by atoms with E-state index in [0.29, 0.717) is 12.8 Å². The standard InChI is InChI=1S/C10H16O4.Ba/c1-9(2)6(7(11)12)4-5-10(9,3)8(13)14;/h6H,4-5H2,1-3H3,(H,11,12)(H,13,14);/q;+2/p-2. The van der Waals surface area contributed by atoms with Crippen LogP contribution in [0.15, 0.2) is 0 Å². The fraction of sp³-hybridized carbons (Fsp3) is 0.800. The van der Waals surface area contributed by atoms with Gasteiger partial charge in [0.15, 0.2) is 0 Å². The zero-order valence-corrected chi connectivity index (χ0v) is 13.8. The maximum absolute atomic E-state index is 11.0. The van der Waals surface area contributed by atoms with Crippen LogP contribution in [0.25, 0.3) is 0 Å². The molecule has 0 radical (unpaired) electrons. The number of carbonyl (C=O) groups is 2. The number of hydrogen-bond acceptors (Lipinski definition) is 4. The van der Waals surface area contributed by atoms with Gasteiger partial charge in [-0.1, -0.05) is 20.8 Å². The molecule has 0 aromatic carbocycles. The van der Waals surface area contributed by atoms with Crippen LogP contribution in [0.5, 0.6) is 0 Å². The van der Waals surface area contributed by atoms with E-state index in [1.165, 1.54) is 0 Å². The molecule has 0 bridgehead atoms. The van der Waals surface area contributed by atoms with Gasteiger partial charge in [-0.15, -0.1) is 0 Å². The predicted octanol–water partition coefficient (Wildman–Crippen LogP) is -1.45. The van der Waals surface area contributed by atoms with Crippen molar-refractivity contribution in [2.45, 2.75) is 33.6 Å². The molecule has 80 valence electrons. The minimum atomic E-state index is -1.17. The molecule has 0 N–H and O–H groups in total. The number of carbonyl (C=O) groups excluding carboxylic acids is 2. The van der Waals surface area contributed by atoms with Crippen LogP contribution < -0.4 is 10.2 Å². The predicted molar refractivity (Wildman–Crippen MR) is 50.4 cm³/mol. The monoisotopic (exact) mass is 336 g/mol. The Kier molecular flexibility index (Phi) is 4.96. The normalized spacial score (nSPS) is 33.1. The van der Waals surface area contributed by atoms with Crippen molar-refractivity contribution < 1.29 is 19.8 Å². The van der Waals surface area contributed by atoms with Gasteiger partial charge in [0.1, 0.15) is 0 Å². The summed E-state index contributed by atoms with van der Waals surface area (Å²) in [6.45, 7) is 4.85. The molecule has 5 heteroatoms. The van der Waals surface area contributed by atoms with Crippen LogP contribution in [0.4, 0.5) is 0 Å². The number of carboxylic acids is 2. The first-order valence-electron chi connectivity index (χ1n) is 4.66. The third-order valence-corrected chi connectivity index (χ3v) is 3.96. The van der Waals surface area contributed by atoms with Crippen LogP contribution in [-0.4, -0.2) is 60.8 Å². The van der Waals surface area contributed by atoms with E-state index in [1.54, 1.807) is 20.8 Å². The molecule has 0 aromatic heterocycles. The molecule has 1 saturated carbocycles. The van der Waals surface area contributed by atoms with E-state index >= 15 is 0 Å². The van der Waals surface area contributed by atoms with Gasteiger partial charge in [-0.3, -0.25) is 0 Å². The quantitative estimate of drug-likeness (QED) is 0.578. The summed E-state index contributed by atoms with van der Waals surface area (Å²) in [5, 5.41) is 21.8. The van der Waals surface area contributed by atoms with Crippen LogP contribution in [0.3, 0.4) is 0 Å². The van der Waals surface area contributed by atoms with Crippen molar-refractivity contribution >= 4 is 60.8 Å². The van der Waals surface area contributed by atoms with Crippen LogP contribution in [0, 0.1) is 16.7 Å². The zero-order valence-electron chi connectivity index (χ0n) is 9.33. The van der Waals surface area contributed by atoms with Crippen molar-refractivity contribution in [3.8, 4) is 0 Å². The van der Waals surface area contributed by atoms with Crippen molar-refractivity contribution in [2.24, 2.45) is 16.7 Å². The molecule has 0 spiro atoms. The summed E-state index contributed by atoms with van der Waals surface area (Å²) in [4.78, 5) is 21.8. The number of carboxylic acid groups (broad SMARTS) is 2. The molecule has 0 saturated heterocycles. The molecular weight excluding hydrogens is 321 g/mol. The summed E-state index contributed by atoms with van der Waals surface area (Å²) in [5.41, 5.74) is -1.89. The first-order valence-corrected chi connectivity index (χ1v) is 4.66. The number of rotatable bonds is 2. The molecule has 2 atom stereocenters. The Morgan fingerprint density at radius 3 is 1.87 bits per heavy atom. The van der Waals surface area contributed by atoms with Crippen molar-refractivity contribution in [1.82, 2.24) is 0 Å². The Bertz CT molecular complexity index is 287. The van der Waals surface area contributed by atoms with Gasteiger partial charge < -0.3 is 19.8 Å². The summed E-state index contributed by atoms with van der Waals surface area (Å²) in [7, 11) is 0. The summed E-state index contributed by atoms with van der Waals surface area (Å²) in [6, 6.07) is 0. The van der Waals surface area contributed by atoms with E-state index < -0.39 is 28.7 Å². The molecule has 0 aromatic rings. The summed E-state index contributed by atoms with van der Waals surface area (Å²) >= 11 is 0. The maximum atomic E-state index is 11.0. The van der Waals surface area contributed by atoms with Crippen LogP contribution in [0.1, 0.15) is 33.6 Å². The molecule has 4 nitrogen and oxygen atoms in total. The van der Waals surface area contributed by atoms with E-state index in [1.807, 2.05) is 0 Å². The van der Waals surface area contributed by atoms with Crippen LogP contribution >= 0.6 is 0 Å². The average molecular weight is 336 g/mol. The molecule has 1 fully saturated rings. The van der Waals surface area contributed by atoms with Gasteiger partial charge in [0.25, 0.3) is 0 Å². The third-order valence-electron chi connectivity index (χ3n) is 3.96. The molecule has 0 amide bonds. The van der Waals surface area contributed by atoms with Gasteiger partial charge in [-0.05, 0) is 18.3 Å². The Hall–Kier alpha value is 0.511. The zero-order chi connectivity index (χ0) is 11.1. The smallest absolute Gasteiger partial charge is 0.550 e. The van der Waals surface area contributed by atoms with Gasteiger partial charge in [-0.2, -0.15) is 0 Å². The largest absolute Gasteiger partial charge is 2.00 e. The van der Waals surface area contributed by atoms with Gasteiger partial charge in [0.2, 0.25) is 0 Å². The summed E-state index contributed by atoms with van der Waals surface area (Å²) in [5.74, 6) is -3.04. The van der Waals surface area contributed by atoms with Gasteiger partial charge >= 0.3 is 48.9 Å². The number of hydrogen-bond donors (Lipinski definition) is 0. The van der Waals surface area contributed by atoms with Gasteiger partial charge in [0, 0.05) is 23.3 Å². The molecule has 1 rings (SSSR count). The Morgan fingerprint density at radius 1 is 1.20 bits per heavy atom. The second kappa shape index (κ2) is 4.79. The Labute approximate surface area is 130 Å². The number of aliphatic carboxylic acids is 2. The average Bonchev–Trinajstić information content (AvgIpc) is 2.24. The molecule has 2 unspecified atom stereocenters. The fourth-order valence-electron chi connectivity index (χ4n) is 2.28. The molecule has 15 heavy (non-hydrogen) atoms. The Morgan fingerprint density at radius 2 is 1.67 bits per heavy atom. The first-order chi connectivity index (χ1) is 6.23. The molecule has 1 aliphatic rings. The van der Waals surface area contributed by atoms with Crippen molar-refractivity contribution in [2.75, 3.05) is 0 Å². The van der Waals surface area contributed by atoms with Crippen LogP contribution in [-0.2, 0) is 9.59 Å². The van der Waals surface area contributed by atoms with Gasteiger partial charge in [-0.25, -0.2) is 0 Å². The van der Waals surface area contributed by atoms with E-state index in [9.17, 15) is 19.8 Å². The molecule has 0 heterocycles. The molecular formula is C10H14BaO4.